The molecule has 2 amide bonds. The fraction of sp³-hybridized carbons (Fsp3) is 0.667. The highest BCUT2D eigenvalue weighted by Gasteiger charge is 2.39. The third kappa shape index (κ3) is 6.24. The van der Waals surface area contributed by atoms with Gasteiger partial charge in [0.2, 0.25) is 11.8 Å². The molecule has 3 fully saturated rings. The first-order valence-corrected chi connectivity index (χ1v) is 14.6. The van der Waals surface area contributed by atoms with Gasteiger partial charge in [0, 0.05) is 81.6 Å². The highest BCUT2D eigenvalue weighted by molar-refractivity contribution is 5.86. The van der Waals surface area contributed by atoms with E-state index in [-0.39, 0.29) is 42.2 Å². The van der Waals surface area contributed by atoms with Crippen LogP contribution in [0, 0.1) is 17.8 Å². The second-order valence-electron chi connectivity index (χ2n) is 11.5. The van der Waals surface area contributed by atoms with Crippen LogP contribution in [-0.4, -0.2) is 71.9 Å². The maximum absolute atomic E-state index is 13.9. The summed E-state index contributed by atoms with van der Waals surface area (Å²) in [5, 5.41) is 17.5. The molecule has 1 aromatic carbocycles. The summed E-state index contributed by atoms with van der Waals surface area (Å²) < 4.78 is 7.54. The third-order valence-electron chi connectivity index (χ3n) is 8.77. The normalized spacial score (nSPS) is 25.8. The van der Waals surface area contributed by atoms with Gasteiger partial charge in [-0.1, -0.05) is 31.0 Å². The van der Waals surface area contributed by atoms with Crippen LogP contribution in [0.5, 0.6) is 0 Å². The summed E-state index contributed by atoms with van der Waals surface area (Å²) in [6.07, 6.45) is 9.91. The van der Waals surface area contributed by atoms with E-state index in [1.54, 1.807) is 7.11 Å². The van der Waals surface area contributed by atoms with Crippen molar-refractivity contribution in [1.82, 2.24) is 20.1 Å². The molecule has 1 aromatic heterocycles. The molecule has 3 N–H and O–H groups in total. The second-order valence-corrected chi connectivity index (χ2v) is 11.5. The first kappa shape index (κ1) is 27.2. The number of benzene rings is 1. The maximum atomic E-state index is 13.9. The molecule has 2 aromatic rings. The van der Waals surface area contributed by atoms with Crippen LogP contribution >= 0.6 is 0 Å². The highest BCUT2D eigenvalue weighted by atomic mass is 16.5. The van der Waals surface area contributed by atoms with Crippen LogP contribution in [0.15, 0.2) is 30.5 Å². The van der Waals surface area contributed by atoms with Crippen molar-refractivity contribution in [1.29, 1.82) is 0 Å². The van der Waals surface area contributed by atoms with E-state index >= 15 is 0 Å². The molecular formula is C30H44N4O4. The molecule has 2 unspecified atom stereocenters. The van der Waals surface area contributed by atoms with Crippen molar-refractivity contribution >= 4 is 22.7 Å². The number of rotatable bonds is 11. The van der Waals surface area contributed by atoms with Crippen LogP contribution < -0.4 is 10.6 Å². The number of nitrogens with zero attached hydrogens (tertiary/aromatic N) is 2. The van der Waals surface area contributed by atoms with Gasteiger partial charge < -0.3 is 29.9 Å². The van der Waals surface area contributed by atoms with E-state index in [4.69, 9.17) is 4.74 Å². The zero-order valence-corrected chi connectivity index (χ0v) is 22.7. The molecule has 2 aliphatic carbocycles. The zero-order chi connectivity index (χ0) is 26.5. The fourth-order valence-corrected chi connectivity index (χ4v) is 6.45. The summed E-state index contributed by atoms with van der Waals surface area (Å²) in [5.74, 6) is -0.0846. The van der Waals surface area contributed by atoms with E-state index in [9.17, 15) is 14.7 Å². The Morgan fingerprint density at radius 2 is 1.92 bits per heavy atom. The summed E-state index contributed by atoms with van der Waals surface area (Å²) >= 11 is 0. The first-order valence-electron chi connectivity index (χ1n) is 14.6. The molecule has 8 heteroatoms. The van der Waals surface area contributed by atoms with Crippen molar-refractivity contribution in [2.24, 2.45) is 17.8 Å². The molecule has 0 radical (unpaired) electrons. The number of methoxy groups -OCH3 is 1. The number of aliphatic hydroxyl groups excluding tert-OH is 1. The predicted molar refractivity (Wildman–Crippen MR) is 147 cm³/mol. The van der Waals surface area contributed by atoms with Crippen molar-refractivity contribution in [3.63, 3.8) is 0 Å². The fourth-order valence-electron chi connectivity index (χ4n) is 6.45. The topological polar surface area (TPSA) is 95.8 Å². The Morgan fingerprint density at radius 1 is 1.13 bits per heavy atom. The lowest BCUT2D eigenvalue weighted by Gasteiger charge is -2.35. The molecule has 4 atom stereocenters. The molecule has 2 heterocycles. The average molecular weight is 525 g/mol. The van der Waals surface area contributed by atoms with Gasteiger partial charge in [-0.15, -0.1) is 0 Å². The van der Waals surface area contributed by atoms with Gasteiger partial charge in [0.1, 0.15) is 0 Å². The molecule has 8 nitrogen and oxygen atoms in total. The largest absolute Gasteiger partial charge is 0.396 e. The molecule has 38 heavy (non-hydrogen) atoms. The molecule has 1 saturated heterocycles. The van der Waals surface area contributed by atoms with Crippen molar-refractivity contribution in [2.45, 2.75) is 76.5 Å². The number of hydrogen-bond donors (Lipinski definition) is 3. The second kappa shape index (κ2) is 12.6. The minimum atomic E-state index is -0.220. The molecular weight excluding hydrogens is 480 g/mol. The van der Waals surface area contributed by atoms with Crippen LogP contribution in [0.2, 0.25) is 0 Å². The molecule has 5 rings (SSSR count). The Balaban J connectivity index is 1.26. The Bertz CT molecular complexity index is 1100. The number of ether oxygens (including phenoxy) is 1. The molecule has 208 valence electrons. The first-order chi connectivity index (χ1) is 18.6. The standard InChI is InChI=1S/C30H44N4O4/c1-38-14-6-13-33-18-24(26-8-3-5-10-28(26)33)19-34(25-11-12-25)30(37)23-15-22(16-31-17-23)29(36)32-27-9-4-2-7-21(27)20-35/h3,5,8,10,18,21-23,25,27,31,35H,2,4,6-7,9,11-17,19-20H2,1H3,(H,32,36)/t21?,22-,23+,27?/m0/s1. The minimum Gasteiger partial charge on any atom is -0.396 e. The van der Waals surface area contributed by atoms with Gasteiger partial charge >= 0.3 is 0 Å². The van der Waals surface area contributed by atoms with Crippen LogP contribution in [-0.2, 0) is 27.4 Å². The number of aryl methyl sites for hydroxylation is 1. The van der Waals surface area contributed by atoms with Crippen molar-refractivity contribution in [2.75, 3.05) is 33.4 Å². The van der Waals surface area contributed by atoms with E-state index in [0.29, 0.717) is 32.1 Å². The van der Waals surface area contributed by atoms with Crippen LogP contribution in [0.4, 0.5) is 0 Å². The number of piperidine rings is 1. The van der Waals surface area contributed by atoms with Crippen LogP contribution in [0.3, 0.4) is 0 Å². The summed E-state index contributed by atoms with van der Waals surface area (Å²) in [6, 6.07) is 8.77. The lowest BCUT2D eigenvalue weighted by Crippen LogP contribution is -2.52. The van der Waals surface area contributed by atoms with E-state index in [2.05, 4.69) is 50.6 Å². The van der Waals surface area contributed by atoms with Crippen LogP contribution in [0.1, 0.15) is 56.9 Å². The van der Waals surface area contributed by atoms with Gasteiger partial charge in [0.15, 0.2) is 0 Å². The molecule has 0 bridgehead atoms. The summed E-state index contributed by atoms with van der Waals surface area (Å²) in [6.45, 7) is 3.55. The van der Waals surface area contributed by atoms with Gasteiger partial charge in [-0.05, 0) is 50.2 Å². The number of aliphatic hydroxyl groups is 1. The smallest absolute Gasteiger partial charge is 0.227 e. The number of amides is 2. The quantitative estimate of drug-likeness (QED) is 0.393. The highest BCUT2D eigenvalue weighted by Crippen LogP contribution is 2.33. The zero-order valence-electron chi connectivity index (χ0n) is 22.7. The SMILES string of the molecule is COCCCn1cc(CN(C(=O)[C@H]2CNC[C@@H](C(=O)NC3CCCCC3CO)C2)C2CC2)c2ccccc21. The summed E-state index contributed by atoms with van der Waals surface area (Å²) in [7, 11) is 1.73. The number of carbonyl (C=O) groups is 2. The number of hydrogen-bond acceptors (Lipinski definition) is 5. The summed E-state index contributed by atoms with van der Waals surface area (Å²) in [4.78, 5) is 29.2. The Labute approximate surface area is 226 Å². The van der Waals surface area contributed by atoms with Crippen molar-refractivity contribution < 1.29 is 19.4 Å². The predicted octanol–water partition coefficient (Wildman–Crippen LogP) is 3.06. The van der Waals surface area contributed by atoms with Gasteiger partial charge in [0.05, 0.1) is 11.8 Å². The van der Waals surface area contributed by atoms with Gasteiger partial charge in [-0.2, -0.15) is 0 Å². The number of carbonyl (C=O) groups excluding carboxylic acids is 2. The number of nitrogens with one attached hydrogen (secondary N) is 2. The average Bonchev–Trinajstić information content (AvgIpc) is 3.74. The van der Waals surface area contributed by atoms with Gasteiger partial charge in [-0.3, -0.25) is 9.59 Å². The van der Waals surface area contributed by atoms with Crippen molar-refractivity contribution in [3.8, 4) is 0 Å². The van der Waals surface area contributed by atoms with Gasteiger partial charge in [0.25, 0.3) is 0 Å². The third-order valence-corrected chi connectivity index (χ3v) is 8.77. The monoisotopic (exact) mass is 524 g/mol. The molecule has 0 spiro atoms. The van der Waals surface area contributed by atoms with E-state index in [1.165, 1.54) is 16.5 Å². The van der Waals surface area contributed by atoms with E-state index in [1.807, 2.05) is 0 Å². The number of para-hydroxylation sites is 1. The van der Waals surface area contributed by atoms with Crippen molar-refractivity contribution in [3.05, 3.63) is 36.0 Å². The molecule has 3 aliphatic rings. The number of aromatic nitrogens is 1. The number of fused-ring (bicyclic) bond motifs is 1. The van der Waals surface area contributed by atoms with E-state index in [0.717, 1.165) is 58.1 Å². The molecule has 2 saturated carbocycles. The van der Waals surface area contributed by atoms with E-state index < -0.39 is 0 Å². The Morgan fingerprint density at radius 3 is 2.71 bits per heavy atom. The lowest BCUT2D eigenvalue weighted by atomic mass is 9.83. The lowest BCUT2D eigenvalue weighted by molar-refractivity contribution is -0.139. The molecule has 1 aliphatic heterocycles. The van der Waals surface area contributed by atoms with Crippen LogP contribution in [0.25, 0.3) is 10.9 Å². The van der Waals surface area contributed by atoms with Gasteiger partial charge in [-0.25, -0.2) is 0 Å². The Hall–Kier alpha value is -2.42. The minimum absolute atomic E-state index is 0.0254. The summed E-state index contributed by atoms with van der Waals surface area (Å²) in [5.41, 5.74) is 2.38. The maximum Gasteiger partial charge on any atom is 0.227 e. The Kier molecular flexibility index (Phi) is 9.02.